The van der Waals surface area contributed by atoms with Gasteiger partial charge in [0.1, 0.15) is 11.2 Å². The second-order valence-electron chi connectivity index (χ2n) is 7.11. The van der Waals surface area contributed by atoms with E-state index in [2.05, 4.69) is 19.9 Å². The summed E-state index contributed by atoms with van der Waals surface area (Å²) < 4.78 is 29.0. The highest BCUT2D eigenvalue weighted by atomic mass is 19.1. The third-order valence-electron chi connectivity index (χ3n) is 5.13. The Balaban J connectivity index is 1.48. The number of piperazine rings is 1. The summed E-state index contributed by atoms with van der Waals surface area (Å²) in [6.07, 6.45) is 0. The molecule has 6 nitrogen and oxygen atoms in total. The zero-order valence-electron chi connectivity index (χ0n) is 15.8. The molecule has 1 aromatic carbocycles. The van der Waals surface area contributed by atoms with Gasteiger partial charge in [-0.3, -0.25) is 9.69 Å². The Morgan fingerprint density at radius 2 is 1.79 bits per heavy atom. The van der Waals surface area contributed by atoms with Crippen LogP contribution >= 0.6 is 0 Å². The van der Waals surface area contributed by atoms with Gasteiger partial charge in [0.25, 0.3) is 5.56 Å². The van der Waals surface area contributed by atoms with Gasteiger partial charge in [0.2, 0.25) is 5.95 Å². The van der Waals surface area contributed by atoms with Crippen LogP contribution in [-0.2, 0) is 6.54 Å². The number of aromatic nitrogens is 3. The van der Waals surface area contributed by atoms with Crippen molar-refractivity contribution in [1.82, 2.24) is 19.9 Å². The first-order valence-corrected chi connectivity index (χ1v) is 9.21. The summed E-state index contributed by atoms with van der Waals surface area (Å²) in [6, 6.07) is 6.98. The van der Waals surface area contributed by atoms with Gasteiger partial charge in [-0.2, -0.15) is 4.39 Å². The smallest absolute Gasteiger partial charge is 0.269 e. The Morgan fingerprint density at radius 1 is 1.04 bits per heavy atom. The van der Waals surface area contributed by atoms with Crippen molar-refractivity contribution in [2.24, 2.45) is 0 Å². The van der Waals surface area contributed by atoms with Crippen LogP contribution in [0.1, 0.15) is 17.0 Å². The van der Waals surface area contributed by atoms with Crippen LogP contribution in [0.2, 0.25) is 0 Å². The van der Waals surface area contributed by atoms with Gasteiger partial charge in [-0.15, -0.1) is 0 Å². The van der Waals surface area contributed by atoms with Gasteiger partial charge in [-0.25, -0.2) is 14.4 Å². The Kier molecular flexibility index (Phi) is 4.80. The average molecular weight is 385 g/mol. The maximum absolute atomic E-state index is 14.9. The second-order valence-corrected chi connectivity index (χ2v) is 7.11. The zero-order chi connectivity index (χ0) is 19.8. The van der Waals surface area contributed by atoms with E-state index in [1.165, 1.54) is 0 Å². The van der Waals surface area contributed by atoms with Gasteiger partial charge in [0.05, 0.1) is 11.2 Å². The SMILES string of the molecule is Cc1ccc(N2CCN(Cc3ccc4nc(C)c(=O)[nH]c4c3F)CC2)c(F)n1. The van der Waals surface area contributed by atoms with Gasteiger partial charge < -0.3 is 9.88 Å². The van der Waals surface area contributed by atoms with Crippen molar-refractivity contribution >= 4 is 16.7 Å². The minimum atomic E-state index is -0.458. The van der Waals surface area contributed by atoms with E-state index in [1.54, 1.807) is 38.1 Å². The van der Waals surface area contributed by atoms with Gasteiger partial charge in [0.15, 0.2) is 5.82 Å². The Hall–Kier alpha value is -2.87. The first-order chi connectivity index (χ1) is 13.4. The molecule has 0 saturated carbocycles. The highest BCUT2D eigenvalue weighted by Gasteiger charge is 2.21. The lowest BCUT2D eigenvalue weighted by atomic mass is 10.1. The fraction of sp³-hybridized carbons (Fsp3) is 0.350. The number of pyridine rings is 1. The Labute approximate surface area is 160 Å². The van der Waals surface area contributed by atoms with Crippen molar-refractivity contribution < 1.29 is 8.78 Å². The number of aryl methyl sites for hydroxylation is 2. The molecule has 0 spiro atoms. The van der Waals surface area contributed by atoms with E-state index in [-0.39, 0.29) is 11.1 Å². The molecule has 0 aliphatic carbocycles. The number of hydrogen-bond donors (Lipinski definition) is 1. The number of benzene rings is 1. The molecule has 8 heteroatoms. The molecule has 146 valence electrons. The summed E-state index contributed by atoms with van der Waals surface area (Å²) in [5.41, 5.74) is 2.16. The summed E-state index contributed by atoms with van der Waals surface area (Å²) in [5.74, 6) is -0.904. The summed E-state index contributed by atoms with van der Waals surface area (Å²) in [4.78, 5) is 26.4. The summed E-state index contributed by atoms with van der Waals surface area (Å²) >= 11 is 0. The van der Waals surface area contributed by atoms with E-state index < -0.39 is 11.8 Å². The quantitative estimate of drug-likeness (QED) is 0.702. The van der Waals surface area contributed by atoms with Crippen molar-refractivity contribution in [2.45, 2.75) is 20.4 Å². The molecule has 0 bridgehead atoms. The lowest BCUT2D eigenvalue weighted by Gasteiger charge is -2.36. The van der Waals surface area contributed by atoms with Crippen molar-refractivity contribution in [3.05, 3.63) is 63.3 Å². The highest BCUT2D eigenvalue weighted by Crippen LogP contribution is 2.22. The predicted octanol–water partition coefficient (Wildman–Crippen LogP) is 2.54. The lowest BCUT2D eigenvalue weighted by molar-refractivity contribution is 0.246. The van der Waals surface area contributed by atoms with E-state index in [0.29, 0.717) is 60.9 Å². The fourth-order valence-corrected chi connectivity index (χ4v) is 3.52. The molecular formula is C20H21F2N5O. The maximum Gasteiger partial charge on any atom is 0.269 e. The van der Waals surface area contributed by atoms with Crippen LogP contribution in [0.5, 0.6) is 0 Å². The molecule has 1 aliphatic rings. The predicted molar refractivity (Wildman–Crippen MR) is 103 cm³/mol. The van der Waals surface area contributed by atoms with Crippen molar-refractivity contribution in [3.8, 4) is 0 Å². The molecule has 0 atom stereocenters. The van der Waals surface area contributed by atoms with Crippen molar-refractivity contribution in [1.29, 1.82) is 0 Å². The number of halogens is 2. The van der Waals surface area contributed by atoms with Crippen LogP contribution in [0.15, 0.2) is 29.1 Å². The standard InChI is InChI=1S/C20H21F2N5O/c1-12-3-6-16(19(22)23-12)27-9-7-26(8-10-27)11-14-4-5-15-18(17(14)21)25-20(28)13(2)24-15/h3-6H,7-11H2,1-2H3,(H,25,28). The number of nitrogens with one attached hydrogen (secondary N) is 1. The van der Waals surface area contributed by atoms with E-state index in [9.17, 15) is 13.6 Å². The topological polar surface area (TPSA) is 65.1 Å². The number of hydrogen-bond acceptors (Lipinski definition) is 5. The molecule has 1 fully saturated rings. The Morgan fingerprint density at radius 3 is 2.50 bits per heavy atom. The van der Waals surface area contributed by atoms with Crippen molar-refractivity contribution in [2.75, 3.05) is 31.1 Å². The van der Waals surface area contributed by atoms with Gasteiger partial charge >= 0.3 is 0 Å². The first kappa shape index (κ1) is 18.5. The number of fused-ring (bicyclic) bond motifs is 1. The summed E-state index contributed by atoms with van der Waals surface area (Å²) in [5, 5.41) is 0. The first-order valence-electron chi connectivity index (χ1n) is 9.21. The minimum absolute atomic E-state index is 0.138. The molecule has 4 rings (SSSR count). The molecule has 1 saturated heterocycles. The van der Waals surface area contributed by atoms with E-state index in [0.717, 1.165) is 0 Å². The number of anilines is 1. The van der Waals surface area contributed by atoms with Gasteiger partial charge in [-0.1, -0.05) is 6.07 Å². The van der Waals surface area contributed by atoms with Crippen LogP contribution in [0, 0.1) is 25.6 Å². The normalized spacial score (nSPS) is 15.4. The summed E-state index contributed by atoms with van der Waals surface area (Å²) in [6.45, 7) is 6.38. The number of rotatable bonds is 3. The van der Waals surface area contributed by atoms with E-state index >= 15 is 0 Å². The molecule has 0 amide bonds. The largest absolute Gasteiger partial charge is 0.365 e. The highest BCUT2D eigenvalue weighted by molar-refractivity contribution is 5.75. The average Bonchev–Trinajstić information content (AvgIpc) is 2.67. The molecule has 0 radical (unpaired) electrons. The van der Waals surface area contributed by atoms with Crippen LogP contribution in [-0.4, -0.2) is 46.0 Å². The molecule has 1 aliphatic heterocycles. The van der Waals surface area contributed by atoms with Gasteiger partial charge in [0, 0.05) is 44.0 Å². The van der Waals surface area contributed by atoms with Crippen LogP contribution in [0.4, 0.5) is 14.5 Å². The molecule has 0 unspecified atom stereocenters. The minimum Gasteiger partial charge on any atom is -0.365 e. The fourth-order valence-electron chi connectivity index (χ4n) is 3.52. The molecule has 28 heavy (non-hydrogen) atoms. The Bertz CT molecular complexity index is 1090. The third kappa shape index (κ3) is 3.47. The zero-order valence-corrected chi connectivity index (χ0v) is 15.8. The second kappa shape index (κ2) is 7.27. The molecular weight excluding hydrogens is 364 g/mol. The van der Waals surface area contributed by atoms with Crippen molar-refractivity contribution in [3.63, 3.8) is 0 Å². The molecule has 2 aromatic heterocycles. The number of H-pyrrole nitrogens is 1. The molecule has 3 aromatic rings. The van der Waals surface area contributed by atoms with Crippen LogP contribution in [0.3, 0.4) is 0 Å². The monoisotopic (exact) mass is 385 g/mol. The lowest BCUT2D eigenvalue weighted by Crippen LogP contribution is -2.46. The van der Waals surface area contributed by atoms with Gasteiger partial charge in [-0.05, 0) is 32.0 Å². The van der Waals surface area contributed by atoms with E-state index in [4.69, 9.17) is 0 Å². The van der Waals surface area contributed by atoms with Crippen LogP contribution < -0.4 is 10.5 Å². The third-order valence-corrected chi connectivity index (χ3v) is 5.13. The number of nitrogens with zero attached hydrogens (tertiary/aromatic N) is 4. The summed E-state index contributed by atoms with van der Waals surface area (Å²) in [7, 11) is 0. The maximum atomic E-state index is 14.9. The van der Waals surface area contributed by atoms with Crippen LogP contribution in [0.25, 0.3) is 11.0 Å². The molecule has 1 N–H and O–H groups in total. The van der Waals surface area contributed by atoms with E-state index in [1.807, 2.05) is 4.90 Å². The number of aromatic amines is 1. The molecule has 3 heterocycles.